The zero-order valence-corrected chi connectivity index (χ0v) is 14.7. The molecule has 0 aliphatic heterocycles. The Bertz CT molecular complexity index is 633. The van der Waals surface area contributed by atoms with E-state index >= 15 is 0 Å². The molecule has 4 bridgehead atoms. The lowest BCUT2D eigenvalue weighted by atomic mass is 9.49. The van der Waals surface area contributed by atoms with Crippen molar-refractivity contribution < 1.29 is 14.3 Å². The van der Waals surface area contributed by atoms with Gasteiger partial charge in [-0.3, -0.25) is 20.4 Å². The van der Waals surface area contributed by atoms with Crippen LogP contribution in [0, 0.1) is 23.2 Å². The van der Waals surface area contributed by atoms with Crippen LogP contribution in [0.4, 0.5) is 0 Å². The Morgan fingerprint density at radius 2 is 1.56 bits per heavy atom. The highest BCUT2D eigenvalue weighted by Crippen LogP contribution is 2.60. The lowest BCUT2D eigenvalue weighted by Gasteiger charge is -2.55. The molecule has 25 heavy (non-hydrogen) atoms. The van der Waals surface area contributed by atoms with Crippen molar-refractivity contribution in [3.05, 3.63) is 29.8 Å². The van der Waals surface area contributed by atoms with Gasteiger partial charge in [-0.05, 0) is 87.5 Å². The predicted octanol–water partition coefficient (Wildman–Crippen LogP) is 3.06. The van der Waals surface area contributed by atoms with E-state index in [-0.39, 0.29) is 17.2 Å². The van der Waals surface area contributed by atoms with Gasteiger partial charge in [-0.15, -0.1) is 0 Å². The molecule has 4 fully saturated rings. The maximum atomic E-state index is 12.8. The van der Waals surface area contributed by atoms with Crippen LogP contribution in [0.15, 0.2) is 24.3 Å². The molecule has 1 aromatic rings. The fourth-order valence-corrected chi connectivity index (χ4v) is 5.58. The third-order valence-electron chi connectivity index (χ3n) is 6.24. The summed E-state index contributed by atoms with van der Waals surface area (Å²) in [6.07, 6.45) is 6.86. The number of hydrazine groups is 1. The first-order valence-corrected chi connectivity index (χ1v) is 9.41. The molecule has 0 spiro atoms. The summed E-state index contributed by atoms with van der Waals surface area (Å²) in [4.78, 5) is 25.1. The fourth-order valence-electron chi connectivity index (χ4n) is 5.58. The van der Waals surface area contributed by atoms with Crippen LogP contribution in [-0.2, 0) is 4.79 Å². The zero-order valence-electron chi connectivity index (χ0n) is 14.7. The SMILES string of the molecule is CCOc1ccc(C(=O)NNC(=O)C23CC4CC(CC(C4)C2)C3)cc1. The molecule has 0 atom stereocenters. The minimum Gasteiger partial charge on any atom is -0.494 e. The van der Waals surface area contributed by atoms with Gasteiger partial charge in [0, 0.05) is 5.56 Å². The van der Waals surface area contributed by atoms with E-state index < -0.39 is 0 Å². The summed E-state index contributed by atoms with van der Waals surface area (Å²) in [6, 6.07) is 6.94. The third kappa shape index (κ3) is 3.12. The first kappa shape index (κ1) is 16.4. The van der Waals surface area contributed by atoms with Gasteiger partial charge in [0.15, 0.2) is 0 Å². The van der Waals surface area contributed by atoms with Crippen LogP contribution in [0.5, 0.6) is 5.75 Å². The summed E-state index contributed by atoms with van der Waals surface area (Å²) in [7, 11) is 0. The van der Waals surface area contributed by atoms with Crippen molar-refractivity contribution in [1.29, 1.82) is 0 Å². The van der Waals surface area contributed by atoms with Gasteiger partial charge in [0.2, 0.25) is 5.91 Å². The summed E-state index contributed by atoms with van der Waals surface area (Å²) < 4.78 is 5.38. The van der Waals surface area contributed by atoms with Crippen molar-refractivity contribution in [2.24, 2.45) is 23.2 Å². The molecule has 5 heteroatoms. The topological polar surface area (TPSA) is 67.4 Å². The third-order valence-corrected chi connectivity index (χ3v) is 6.24. The van der Waals surface area contributed by atoms with E-state index in [9.17, 15) is 9.59 Å². The van der Waals surface area contributed by atoms with Gasteiger partial charge in [0.05, 0.1) is 12.0 Å². The van der Waals surface area contributed by atoms with Crippen molar-refractivity contribution in [3.63, 3.8) is 0 Å². The average Bonchev–Trinajstić information content (AvgIpc) is 2.59. The molecule has 0 saturated heterocycles. The fraction of sp³-hybridized carbons (Fsp3) is 0.600. The van der Waals surface area contributed by atoms with Crippen LogP contribution in [0.3, 0.4) is 0 Å². The number of amides is 2. The predicted molar refractivity (Wildman–Crippen MR) is 93.8 cm³/mol. The monoisotopic (exact) mass is 342 g/mol. The molecular formula is C20H26N2O3. The summed E-state index contributed by atoms with van der Waals surface area (Å²) >= 11 is 0. The van der Waals surface area contributed by atoms with E-state index in [1.807, 2.05) is 6.92 Å². The van der Waals surface area contributed by atoms with Crippen LogP contribution >= 0.6 is 0 Å². The van der Waals surface area contributed by atoms with Crippen molar-refractivity contribution in [2.75, 3.05) is 6.61 Å². The zero-order chi connectivity index (χ0) is 17.4. The molecule has 2 N–H and O–H groups in total. The molecule has 0 unspecified atom stereocenters. The standard InChI is InChI=1S/C20H26N2O3/c1-2-25-17-5-3-16(4-6-17)18(23)21-22-19(24)20-10-13-7-14(11-20)9-15(8-13)12-20/h3-6,13-15H,2,7-12H2,1H3,(H,21,23)(H,22,24). The largest absolute Gasteiger partial charge is 0.494 e. The Hall–Kier alpha value is -2.04. The van der Waals surface area contributed by atoms with Crippen LogP contribution in [0.2, 0.25) is 0 Å². The molecule has 5 rings (SSSR count). The van der Waals surface area contributed by atoms with E-state index in [2.05, 4.69) is 10.9 Å². The number of hydrogen-bond acceptors (Lipinski definition) is 3. The van der Waals surface area contributed by atoms with Gasteiger partial charge in [0.1, 0.15) is 5.75 Å². The van der Waals surface area contributed by atoms with Crippen LogP contribution < -0.4 is 15.6 Å². The number of carbonyl (C=O) groups excluding carboxylic acids is 2. The van der Waals surface area contributed by atoms with Gasteiger partial charge in [0.25, 0.3) is 5.91 Å². The number of nitrogens with one attached hydrogen (secondary N) is 2. The summed E-state index contributed by atoms with van der Waals surface area (Å²) in [5.74, 6) is 2.57. The first-order valence-electron chi connectivity index (χ1n) is 9.41. The van der Waals surface area contributed by atoms with Gasteiger partial charge < -0.3 is 4.74 Å². The van der Waals surface area contributed by atoms with E-state index in [1.54, 1.807) is 24.3 Å². The molecule has 4 aliphatic rings. The Morgan fingerprint density at radius 3 is 2.08 bits per heavy atom. The molecule has 134 valence electrons. The molecular weight excluding hydrogens is 316 g/mol. The van der Waals surface area contributed by atoms with Crippen molar-refractivity contribution in [2.45, 2.75) is 45.4 Å². The number of carbonyl (C=O) groups is 2. The van der Waals surface area contributed by atoms with Crippen LogP contribution in [-0.4, -0.2) is 18.4 Å². The molecule has 0 aromatic heterocycles. The Balaban J connectivity index is 1.36. The van der Waals surface area contributed by atoms with Gasteiger partial charge in [-0.1, -0.05) is 0 Å². The van der Waals surface area contributed by atoms with Crippen molar-refractivity contribution in [3.8, 4) is 5.75 Å². The maximum absolute atomic E-state index is 12.8. The Kier molecular flexibility index (Phi) is 4.18. The summed E-state index contributed by atoms with van der Waals surface area (Å²) in [6.45, 7) is 2.51. The number of ether oxygens (including phenoxy) is 1. The Morgan fingerprint density at radius 1 is 1.00 bits per heavy atom. The number of rotatable bonds is 4. The van der Waals surface area contributed by atoms with Gasteiger partial charge in [-0.25, -0.2) is 0 Å². The van der Waals surface area contributed by atoms with E-state index in [1.165, 1.54) is 19.3 Å². The van der Waals surface area contributed by atoms with E-state index in [0.717, 1.165) is 25.0 Å². The minimum atomic E-state index is -0.291. The highest BCUT2D eigenvalue weighted by molar-refractivity contribution is 5.96. The Labute approximate surface area is 148 Å². The van der Waals surface area contributed by atoms with Crippen LogP contribution in [0.25, 0.3) is 0 Å². The molecule has 0 radical (unpaired) electrons. The first-order chi connectivity index (χ1) is 12.1. The second-order valence-electron chi connectivity index (χ2n) is 8.06. The van der Waals surface area contributed by atoms with Crippen molar-refractivity contribution in [1.82, 2.24) is 10.9 Å². The van der Waals surface area contributed by atoms with E-state index in [4.69, 9.17) is 4.74 Å². The molecule has 0 heterocycles. The molecule has 2 amide bonds. The average molecular weight is 342 g/mol. The quantitative estimate of drug-likeness (QED) is 0.827. The lowest BCUT2D eigenvalue weighted by molar-refractivity contribution is -0.147. The van der Waals surface area contributed by atoms with Gasteiger partial charge >= 0.3 is 0 Å². The molecule has 1 aromatic carbocycles. The second-order valence-corrected chi connectivity index (χ2v) is 8.06. The molecule has 5 nitrogen and oxygen atoms in total. The second kappa shape index (κ2) is 6.36. The summed E-state index contributed by atoms with van der Waals surface area (Å²) in [5, 5.41) is 0. The lowest BCUT2D eigenvalue weighted by Crippen LogP contribution is -2.56. The van der Waals surface area contributed by atoms with Gasteiger partial charge in [-0.2, -0.15) is 0 Å². The number of hydrogen-bond donors (Lipinski definition) is 2. The molecule has 4 saturated carbocycles. The minimum absolute atomic E-state index is 0.00545. The number of benzene rings is 1. The maximum Gasteiger partial charge on any atom is 0.269 e. The highest BCUT2D eigenvalue weighted by Gasteiger charge is 2.54. The smallest absolute Gasteiger partial charge is 0.269 e. The van der Waals surface area contributed by atoms with Crippen molar-refractivity contribution >= 4 is 11.8 Å². The summed E-state index contributed by atoms with van der Waals surface area (Å²) in [5.41, 5.74) is 5.56. The van der Waals surface area contributed by atoms with E-state index in [0.29, 0.717) is 29.9 Å². The highest BCUT2D eigenvalue weighted by atomic mass is 16.5. The normalized spacial score (nSPS) is 32.3. The van der Waals surface area contributed by atoms with Crippen LogP contribution in [0.1, 0.15) is 55.8 Å². The molecule has 4 aliphatic carbocycles.